The summed E-state index contributed by atoms with van der Waals surface area (Å²) >= 11 is 1.65. The van der Waals surface area contributed by atoms with Gasteiger partial charge in [-0.3, -0.25) is 4.90 Å². The van der Waals surface area contributed by atoms with Gasteiger partial charge >= 0.3 is 0 Å². The highest BCUT2D eigenvalue weighted by Crippen LogP contribution is 2.33. The van der Waals surface area contributed by atoms with E-state index in [2.05, 4.69) is 44.5 Å². The second-order valence-electron chi connectivity index (χ2n) is 5.94. The molecular formula is C18H19N3OS. The summed E-state index contributed by atoms with van der Waals surface area (Å²) in [5.41, 5.74) is 4.28. The van der Waals surface area contributed by atoms with E-state index in [0.29, 0.717) is 0 Å². The second kappa shape index (κ2) is 6.64. The molecule has 1 aromatic carbocycles. The van der Waals surface area contributed by atoms with E-state index in [4.69, 9.17) is 4.42 Å². The molecule has 0 aliphatic carbocycles. The molecule has 0 radical (unpaired) electrons. The number of thiazole rings is 1. The molecule has 1 saturated heterocycles. The van der Waals surface area contributed by atoms with Gasteiger partial charge in [0.1, 0.15) is 5.76 Å². The Hall–Kier alpha value is -1.98. The van der Waals surface area contributed by atoms with E-state index in [1.54, 1.807) is 11.3 Å². The Bertz CT molecular complexity index is 739. The zero-order valence-corrected chi connectivity index (χ0v) is 13.7. The number of hydrogen-bond donors (Lipinski definition) is 0. The monoisotopic (exact) mass is 325 g/mol. The Balaban J connectivity index is 1.47. The van der Waals surface area contributed by atoms with Gasteiger partial charge in [-0.25, -0.2) is 9.97 Å². The van der Waals surface area contributed by atoms with Crippen molar-refractivity contribution in [3.8, 4) is 0 Å². The number of nitrogens with zero attached hydrogens (tertiary/aromatic N) is 3. The van der Waals surface area contributed by atoms with Crippen LogP contribution < -0.4 is 0 Å². The van der Waals surface area contributed by atoms with Crippen molar-refractivity contribution in [3.63, 3.8) is 0 Å². The van der Waals surface area contributed by atoms with Crippen LogP contribution in [0.3, 0.4) is 0 Å². The van der Waals surface area contributed by atoms with Crippen molar-refractivity contribution in [2.45, 2.75) is 31.8 Å². The molecule has 1 aliphatic rings. The highest BCUT2D eigenvalue weighted by Gasteiger charge is 2.30. The van der Waals surface area contributed by atoms with Crippen molar-refractivity contribution in [2.24, 2.45) is 0 Å². The minimum absolute atomic E-state index is 0.279. The molecule has 3 aromatic rings. The van der Waals surface area contributed by atoms with E-state index in [-0.39, 0.29) is 6.04 Å². The number of benzene rings is 1. The summed E-state index contributed by atoms with van der Waals surface area (Å²) in [5.74, 6) is 1.79. The van der Waals surface area contributed by atoms with Crippen molar-refractivity contribution in [2.75, 3.05) is 6.54 Å². The first-order valence-electron chi connectivity index (χ1n) is 7.98. The van der Waals surface area contributed by atoms with E-state index >= 15 is 0 Å². The van der Waals surface area contributed by atoms with Crippen molar-refractivity contribution in [1.82, 2.24) is 14.9 Å². The molecule has 0 saturated carbocycles. The predicted octanol–water partition coefficient (Wildman–Crippen LogP) is 4.06. The third-order valence-corrected chi connectivity index (χ3v) is 4.93. The largest absolute Gasteiger partial charge is 0.444 e. The molecule has 4 rings (SSSR count). The van der Waals surface area contributed by atoms with Crippen molar-refractivity contribution in [3.05, 3.63) is 70.3 Å². The number of rotatable bonds is 5. The molecule has 1 fully saturated rings. The smallest absolute Gasteiger partial charge is 0.211 e. The van der Waals surface area contributed by atoms with Gasteiger partial charge in [-0.15, -0.1) is 11.3 Å². The van der Waals surface area contributed by atoms with Crippen LogP contribution >= 0.6 is 11.3 Å². The summed E-state index contributed by atoms with van der Waals surface area (Å²) in [4.78, 5) is 11.4. The molecule has 0 N–H and O–H groups in total. The summed E-state index contributed by atoms with van der Waals surface area (Å²) < 4.78 is 6.05. The summed E-state index contributed by atoms with van der Waals surface area (Å²) in [5, 5.41) is 2.12. The molecule has 4 nitrogen and oxygen atoms in total. The Labute approximate surface area is 139 Å². The maximum Gasteiger partial charge on any atom is 0.211 e. The number of hydrogen-bond acceptors (Lipinski definition) is 5. The third-order valence-electron chi connectivity index (χ3n) is 4.29. The Kier molecular flexibility index (Phi) is 4.22. The van der Waals surface area contributed by atoms with Gasteiger partial charge in [0.2, 0.25) is 5.89 Å². The molecule has 5 heteroatoms. The van der Waals surface area contributed by atoms with Gasteiger partial charge in [0.05, 0.1) is 23.4 Å². The van der Waals surface area contributed by atoms with E-state index in [1.807, 2.05) is 17.8 Å². The molecule has 0 unspecified atom stereocenters. The van der Waals surface area contributed by atoms with Gasteiger partial charge in [0.15, 0.2) is 0 Å². The van der Waals surface area contributed by atoms with Crippen LogP contribution in [-0.2, 0) is 13.0 Å². The number of oxazole rings is 1. The minimum atomic E-state index is 0.279. The number of likely N-dealkylation sites (tertiary alicyclic amines) is 1. The van der Waals surface area contributed by atoms with Crippen LogP contribution in [0.25, 0.3) is 0 Å². The van der Waals surface area contributed by atoms with E-state index in [1.165, 1.54) is 12.0 Å². The van der Waals surface area contributed by atoms with E-state index in [9.17, 15) is 0 Å². The van der Waals surface area contributed by atoms with Crippen LogP contribution in [0.2, 0.25) is 0 Å². The van der Waals surface area contributed by atoms with Crippen molar-refractivity contribution in [1.29, 1.82) is 0 Å². The van der Waals surface area contributed by atoms with Gasteiger partial charge < -0.3 is 4.42 Å². The Morgan fingerprint density at radius 2 is 2.13 bits per heavy atom. The first-order valence-corrected chi connectivity index (χ1v) is 8.92. The topological polar surface area (TPSA) is 42.2 Å². The average Bonchev–Trinajstić information content (AvgIpc) is 3.30. The third kappa shape index (κ3) is 3.35. The van der Waals surface area contributed by atoms with E-state index < -0.39 is 0 Å². The lowest BCUT2D eigenvalue weighted by molar-refractivity contribution is 0.210. The lowest BCUT2D eigenvalue weighted by atomic mass is 10.1. The molecule has 0 amide bonds. The maximum atomic E-state index is 6.05. The van der Waals surface area contributed by atoms with Gasteiger partial charge in [-0.1, -0.05) is 30.3 Å². The maximum absolute atomic E-state index is 6.05. The fraction of sp³-hybridized carbons (Fsp3) is 0.333. The zero-order chi connectivity index (χ0) is 15.5. The molecule has 1 aliphatic heterocycles. The summed E-state index contributed by atoms with van der Waals surface area (Å²) in [6.07, 6.45) is 4.97. The quantitative estimate of drug-likeness (QED) is 0.709. The van der Waals surface area contributed by atoms with Crippen LogP contribution in [0.15, 0.2) is 51.8 Å². The highest BCUT2D eigenvalue weighted by molar-refractivity contribution is 7.07. The van der Waals surface area contributed by atoms with Crippen LogP contribution in [0.5, 0.6) is 0 Å². The lowest BCUT2D eigenvalue weighted by Gasteiger charge is -2.20. The van der Waals surface area contributed by atoms with Gasteiger partial charge in [-0.2, -0.15) is 0 Å². The van der Waals surface area contributed by atoms with Gasteiger partial charge in [0, 0.05) is 18.3 Å². The lowest BCUT2D eigenvalue weighted by Crippen LogP contribution is -2.23. The molecule has 2 aromatic heterocycles. The van der Waals surface area contributed by atoms with Crippen LogP contribution in [0.4, 0.5) is 0 Å². The van der Waals surface area contributed by atoms with Gasteiger partial charge in [0.25, 0.3) is 0 Å². The molecule has 0 spiro atoms. The summed E-state index contributed by atoms with van der Waals surface area (Å²) in [6, 6.07) is 10.7. The molecule has 23 heavy (non-hydrogen) atoms. The summed E-state index contributed by atoms with van der Waals surface area (Å²) in [7, 11) is 0. The fourth-order valence-corrected chi connectivity index (χ4v) is 3.72. The SMILES string of the molecule is c1ccc(Cc2cnc([C@@H]3CCCN3Cc3cscn3)o2)cc1. The standard InChI is InChI=1S/C18H19N3OS/c1-2-5-14(6-3-1)9-16-10-19-18(22-16)17-7-4-8-21(17)11-15-12-23-13-20-15/h1-3,5-6,10,12-13,17H,4,7-9,11H2/t17-/m0/s1. The molecule has 118 valence electrons. The first-order chi connectivity index (χ1) is 11.4. The Morgan fingerprint density at radius 1 is 1.22 bits per heavy atom. The first kappa shape index (κ1) is 14.6. The van der Waals surface area contributed by atoms with Gasteiger partial charge in [-0.05, 0) is 24.9 Å². The number of aromatic nitrogens is 2. The predicted molar refractivity (Wildman–Crippen MR) is 90.3 cm³/mol. The normalized spacial score (nSPS) is 18.5. The van der Waals surface area contributed by atoms with Crippen LogP contribution in [-0.4, -0.2) is 21.4 Å². The molecule has 1 atom stereocenters. The molecule has 0 bridgehead atoms. The minimum Gasteiger partial charge on any atom is -0.444 e. The fourth-order valence-electron chi connectivity index (χ4n) is 3.17. The summed E-state index contributed by atoms with van der Waals surface area (Å²) in [6.45, 7) is 1.96. The molecule has 3 heterocycles. The van der Waals surface area contributed by atoms with E-state index in [0.717, 1.165) is 43.3 Å². The van der Waals surface area contributed by atoms with Crippen LogP contribution in [0.1, 0.15) is 41.8 Å². The zero-order valence-electron chi connectivity index (χ0n) is 12.9. The second-order valence-corrected chi connectivity index (χ2v) is 6.65. The highest BCUT2D eigenvalue weighted by atomic mass is 32.1. The Morgan fingerprint density at radius 3 is 2.96 bits per heavy atom. The van der Waals surface area contributed by atoms with Crippen molar-refractivity contribution >= 4 is 11.3 Å². The molecular weight excluding hydrogens is 306 g/mol. The van der Waals surface area contributed by atoms with Crippen molar-refractivity contribution < 1.29 is 4.42 Å². The average molecular weight is 325 g/mol. The van der Waals surface area contributed by atoms with Crippen LogP contribution in [0, 0.1) is 0 Å².